The summed E-state index contributed by atoms with van der Waals surface area (Å²) in [6.07, 6.45) is 0. The number of hydrogen-bond donors (Lipinski definition) is 2. The molecule has 0 unspecified atom stereocenters. The summed E-state index contributed by atoms with van der Waals surface area (Å²) in [7, 11) is 3.17. The fourth-order valence-electron chi connectivity index (χ4n) is 2.85. The zero-order chi connectivity index (χ0) is 17.9. The highest BCUT2D eigenvalue weighted by Gasteiger charge is 2.42. The lowest BCUT2D eigenvalue weighted by atomic mass is 10.0. The van der Waals surface area contributed by atoms with E-state index in [-0.39, 0.29) is 37.2 Å². The van der Waals surface area contributed by atoms with E-state index in [1.54, 1.807) is 19.0 Å². The molecule has 0 aromatic heterocycles. The minimum Gasteiger partial charge on any atom is -0.481 e. The number of aliphatic carboxylic acids is 1. The van der Waals surface area contributed by atoms with Gasteiger partial charge >= 0.3 is 18.0 Å². The smallest absolute Gasteiger partial charge is 0.320 e. The normalized spacial score (nSPS) is 20.8. The van der Waals surface area contributed by atoms with Crippen molar-refractivity contribution in [2.75, 3.05) is 27.2 Å². The van der Waals surface area contributed by atoms with Crippen LogP contribution in [0.25, 0.3) is 0 Å². The molecule has 0 aromatic rings. The van der Waals surface area contributed by atoms with Crippen LogP contribution in [0.5, 0.6) is 0 Å². The lowest BCUT2D eigenvalue weighted by Crippen LogP contribution is -2.50. The molecule has 2 atom stereocenters. The van der Waals surface area contributed by atoms with E-state index < -0.39 is 17.9 Å². The zero-order valence-electron chi connectivity index (χ0n) is 14.7. The molecule has 1 saturated heterocycles. The van der Waals surface area contributed by atoms with Gasteiger partial charge in [0, 0.05) is 39.3 Å². The van der Waals surface area contributed by atoms with E-state index >= 15 is 0 Å². The second-order valence-corrected chi connectivity index (χ2v) is 6.68. The van der Waals surface area contributed by atoms with Gasteiger partial charge in [-0.3, -0.25) is 4.79 Å². The third kappa shape index (κ3) is 4.49. The third-order valence-corrected chi connectivity index (χ3v) is 3.96. The average molecular weight is 328 g/mol. The number of carboxylic acid groups (broad SMARTS) is 1. The molecule has 0 aliphatic carbocycles. The molecule has 1 aliphatic rings. The van der Waals surface area contributed by atoms with E-state index in [9.17, 15) is 19.5 Å². The largest absolute Gasteiger partial charge is 0.481 e. The minimum absolute atomic E-state index is 0.0150. The number of nitrogens with zero attached hydrogens (tertiary/aromatic N) is 3. The number of amides is 4. The minimum atomic E-state index is -1.01. The Morgan fingerprint density at radius 1 is 1.09 bits per heavy atom. The Balaban J connectivity index is 2.89. The van der Waals surface area contributed by atoms with Crippen molar-refractivity contribution in [2.45, 2.75) is 45.8 Å². The maximum Gasteiger partial charge on any atom is 0.320 e. The number of carbonyl (C=O) groups is 3. The highest BCUT2D eigenvalue weighted by molar-refractivity contribution is 5.80. The Bertz CT molecular complexity index is 456. The molecule has 0 radical (unpaired) electrons. The maximum atomic E-state index is 12.7. The Kier molecular flexibility index (Phi) is 6.23. The number of hydrogen-bond acceptors (Lipinski definition) is 3. The molecule has 1 heterocycles. The van der Waals surface area contributed by atoms with E-state index in [0.717, 1.165) is 0 Å². The number of rotatable bonds is 4. The van der Waals surface area contributed by atoms with Crippen LogP contribution in [0.15, 0.2) is 0 Å². The van der Waals surface area contributed by atoms with Gasteiger partial charge in [0.25, 0.3) is 0 Å². The maximum absolute atomic E-state index is 12.7. The molecule has 2 N–H and O–H groups in total. The zero-order valence-corrected chi connectivity index (χ0v) is 14.7. The van der Waals surface area contributed by atoms with Gasteiger partial charge < -0.3 is 25.1 Å². The monoisotopic (exact) mass is 328 g/mol. The number of likely N-dealkylation sites (tertiary alicyclic amines) is 1. The molecule has 0 spiro atoms. The number of urea groups is 2. The highest BCUT2D eigenvalue weighted by atomic mass is 16.4. The second kappa shape index (κ2) is 7.52. The molecule has 132 valence electrons. The highest BCUT2D eigenvalue weighted by Crippen LogP contribution is 2.21. The Labute approximate surface area is 137 Å². The first-order valence-electron chi connectivity index (χ1n) is 7.84. The Morgan fingerprint density at radius 2 is 1.61 bits per heavy atom. The van der Waals surface area contributed by atoms with Crippen molar-refractivity contribution < 1.29 is 19.5 Å². The van der Waals surface area contributed by atoms with E-state index in [0.29, 0.717) is 0 Å². The van der Waals surface area contributed by atoms with Crippen LogP contribution in [0, 0.1) is 5.92 Å². The van der Waals surface area contributed by atoms with Crippen molar-refractivity contribution in [1.82, 2.24) is 20.0 Å². The van der Waals surface area contributed by atoms with Crippen molar-refractivity contribution in [3.05, 3.63) is 0 Å². The van der Waals surface area contributed by atoms with Crippen molar-refractivity contribution in [3.63, 3.8) is 0 Å². The van der Waals surface area contributed by atoms with Gasteiger partial charge in [0.05, 0.1) is 12.0 Å². The van der Waals surface area contributed by atoms with E-state index in [2.05, 4.69) is 5.32 Å². The van der Waals surface area contributed by atoms with E-state index in [1.165, 1.54) is 9.80 Å². The summed E-state index contributed by atoms with van der Waals surface area (Å²) in [6.45, 7) is 8.00. The van der Waals surface area contributed by atoms with Gasteiger partial charge in [0.15, 0.2) is 0 Å². The number of nitrogens with one attached hydrogen (secondary N) is 1. The van der Waals surface area contributed by atoms with Gasteiger partial charge in [-0.1, -0.05) is 0 Å². The van der Waals surface area contributed by atoms with Crippen molar-refractivity contribution in [3.8, 4) is 0 Å². The lowest BCUT2D eigenvalue weighted by molar-refractivity contribution is -0.141. The predicted octanol–water partition coefficient (Wildman–Crippen LogP) is 0.881. The molecular formula is C15H28N4O4. The third-order valence-electron chi connectivity index (χ3n) is 3.96. The van der Waals surface area contributed by atoms with E-state index in [4.69, 9.17) is 0 Å². The summed E-state index contributed by atoms with van der Waals surface area (Å²) >= 11 is 0. The molecular weight excluding hydrogens is 300 g/mol. The molecule has 23 heavy (non-hydrogen) atoms. The average Bonchev–Trinajstić information content (AvgIpc) is 2.81. The van der Waals surface area contributed by atoms with Crippen molar-refractivity contribution in [2.24, 2.45) is 5.92 Å². The molecule has 1 aliphatic heterocycles. The van der Waals surface area contributed by atoms with Gasteiger partial charge in [-0.15, -0.1) is 0 Å². The quantitative estimate of drug-likeness (QED) is 0.801. The summed E-state index contributed by atoms with van der Waals surface area (Å²) in [5.41, 5.74) is 0. The van der Waals surface area contributed by atoms with Crippen molar-refractivity contribution >= 4 is 18.0 Å². The van der Waals surface area contributed by atoms with Crippen LogP contribution >= 0.6 is 0 Å². The molecule has 0 bridgehead atoms. The number of carbonyl (C=O) groups excluding carboxylic acids is 2. The molecule has 8 nitrogen and oxygen atoms in total. The summed E-state index contributed by atoms with van der Waals surface area (Å²) < 4.78 is 0. The molecule has 1 rings (SSSR count). The van der Waals surface area contributed by atoms with Crippen LogP contribution in [0.1, 0.15) is 27.7 Å². The molecule has 4 amide bonds. The molecule has 1 fully saturated rings. The molecule has 8 heteroatoms. The number of carboxylic acids is 1. The van der Waals surface area contributed by atoms with Crippen LogP contribution < -0.4 is 5.32 Å². The van der Waals surface area contributed by atoms with Crippen LogP contribution in [0.2, 0.25) is 0 Å². The van der Waals surface area contributed by atoms with E-state index in [1.807, 2.05) is 27.7 Å². The second-order valence-electron chi connectivity index (χ2n) is 6.68. The lowest BCUT2D eigenvalue weighted by Gasteiger charge is -2.34. The predicted molar refractivity (Wildman–Crippen MR) is 86.2 cm³/mol. The summed E-state index contributed by atoms with van der Waals surface area (Å²) in [5, 5.41) is 12.1. The first-order valence-corrected chi connectivity index (χ1v) is 7.84. The SMILES string of the molecule is CC(C)N(C(=O)N1C[C@H](C(=O)O)[C@H](NC(=O)N(C)C)C1)C(C)C. The Hall–Kier alpha value is -1.99. The van der Waals surface area contributed by atoms with Gasteiger partial charge in [-0.25, -0.2) is 9.59 Å². The van der Waals surface area contributed by atoms with Gasteiger partial charge in [-0.2, -0.15) is 0 Å². The first kappa shape index (κ1) is 19.1. The fraction of sp³-hybridized carbons (Fsp3) is 0.800. The Morgan fingerprint density at radius 3 is 2.00 bits per heavy atom. The first-order chi connectivity index (χ1) is 10.6. The van der Waals surface area contributed by atoms with Crippen LogP contribution in [0.4, 0.5) is 9.59 Å². The summed E-state index contributed by atoms with van der Waals surface area (Å²) in [6, 6.07) is -1.11. The fourth-order valence-corrected chi connectivity index (χ4v) is 2.85. The van der Waals surface area contributed by atoms with Crippen molar-refractivity contribution in [1.29, 1.82) is 0 Å². The molecule has 0 saturated carbocycles. The standard InChI is InChI=1S/C15H28N4O4/c1-9(2)19(10(3)4)15(23)18-7-11(13(20)21)12(8-18)16-14(22)17(5)6/h9-12H,7-8H2,1-6H3,(H,16,22)(H,20,21)/t11-,12+/m0/s1. The topological polar surface area (TPSA) is 93.2 Å². The van der Waals surface area contributed by atoms with Gasteiger partial charge in [0.1, 0.15) is 0 Å². The van der Waals surface area contributed by atoms with Crippen LogP contribution in [-0.2, 0) is 4.79 Å². The molecule has 0 aromatic carbocycles. The van der Waals surface area contributed by atoms with Gasteiger partial charge in [-0.05, 0) is 27.7 Å². The summed E-state index contributed by atoms with van der Waals surface area (Å²) in [4.78, 5) is 40.5. The van der Waals surface area contributed by atoms with Crippen LogP contribution in [0.3, 0.4) is 0 Å². The summed E-state index contributed by atoms with van der Waals surface area (Å²) in [5.74, 6) is -1.81. The van der Waals surface area contributed by atoms with Gasteiger partial charge in [0.2, 0.25) is 0 Å². The van der Waals surface area contributed by atoms with Crippen LogP contribution in [-0.4, -0.2) is 83.1 Å².